The number of hydrogen-bond acceptors (Lipinski definition) is 10. The molecule has 1 aliphatic rings. The van der Waals surface area contributed by atoms with Gasteiger partial charge in [0.2, 0.25) is 0 Å². The van der Waals surface area contributed by atoms with E-state index in [0.717, 1.165) is 23.9 Å². The van der Waals surface area contributed by atoms with Crippen molar-refractivity contribution in [2.75, 3.05) is 57.9 Å². The molecular formula is C36H43ClF3N5O7. The molecule has 16 heteroatoms. The molecule has 0 bridgehead atoms. The fraction of sp³-hybridized carbons (Fsp3) is 0.417. The number of alkyl halides is 3. The van der Waals surface area contributed by atoms with Gasteiger partial charge in [-0.05, 0) is 67.4 Å². The number of benzene rings is 3. The number of rotatable bonds is 16. The Morgan fingerprint density at radius 3 is 2.40 bits per heavy atom. The van der Waals surface area contributed by atoms with Gasteiger partial charge in [-0.3, -0.25) is 19.4 Å². The summed E-state index contributed by atoms with van der Waals surface area (Å²) < 4.78 is 51.1. The van der Waals surface area contributed by atoms with E-state index in [-0.39, 0.29) is 34.7 Å². The van der Waals surface area contributed by atoms with Gasteiger partial charge in [-0.25, -0.2) is 5.43 Å². The van der Waals surface area contributed by atoms with Crippen molar-refractivity contribution in [2.45, 2.75) is 44.9 Å². The minimum Gasteiger partial charge on any atom is -0.491 e. The number of β-amino-alcohol motifs (C(OH)–C–C–N with tert-alkyl or cyclic N) is 1. The van der Waals surface area contributed by atoms with Gasteiger partial charge in [0, 0.05) is 44.8 Å². The lowest BCUT2D eigenvalue weighted by Crippen LogP contribution is -2.42. The highest BCUT2D eigenvalue weighted by molar-refractivity contribution is 6.31. The highest BCUT2D eigenvalue weighted by Gasteiger charge is 2.33. The predicted octanol–water partition coefficient (Wildman–Crippen LogP) is 4.01. The van der Waals surface area contributed by atoms with Crippen LogP contribution in [0.4, 0.5) is 18.9 Å². The number of nitrogens with one attached hydrogen (secondary N) is 2. The number of carbonyl (C=O) groups is 2. The maximum Gasteiger partial charge on any atom is 0.417 e. The summed E-state index contributed by atoms with van der Waals surface area (Å²) in [6.07, 6.45) is -5.79. The molecule has 1 fully saturated rings. The van der Waals surface area contributed by atoms with Gasteiger partial charge in [-0.1, -0.05) is 29.8 Å². The quantitative estimate of drug-likeness (QED) is 0.108. The summed E-state index contributed by atoms with van der Waals surface area (Å²) >= 11 is 5.70. The Labute approximate surface area is 304 Å². The third-order valence-electron chi connectivity index (χ3n) is 7.81. The molecule has 3 aromatic rings. The molecule has 3 unspecified atom stereocenters. The van der Waals surface area contributed by atoms with Crippen LogP contribution in [0.5, 0.6) is 5.75 Å². The standard InChI is InChI=1S/C36H43ClF3N5O7/c1-23(46)18-45(19-24(2)47)20-26-4-3-5-27(14-26)34(49)42-33-9-7-29(52-22-28(48)21-44-10-12-51-13-11-44)16-30(33)35(50)43-41-17-25-6-8-32(37)31(15-25)36(38,39)40/h3-9,14-17,23-24,28,46-48H,10-13,18-22H2,1-2H3,(H,42,49)(H,43,50)/b41-17-. The molecular weight excluding hydrogens is 707 g/mol. The molecule has 0 aliphatic carbocycles. The summed E-state index contributed by atoms with van der Waals surface area (Å²) in [5.41, 5.74) is 2.27. The van der Waals surface area contributed by atoms with Crippen molar-refractivity contribution in [3.8, 4) is 5.75 Å². The van der Waals surface area contributed by atoms with Gasteiger partial charge in [0.05, 0.1) is 53.5 Å². The smallest absolute Gasteiger partial charge is 0.417 e. The number of amides is 2. The number of carbonyl (C=O) groups excluding carboxylic acids is 2. The molecule has 0 spiro atoms. The summed E-state index contributed by atoms with van der Waals surface area (Å²) in [7, 11) is 0. The summed E-state index contributed by atoms with van der Waals surface area (Å²) in [4.78, 5) is 30.8. The first kappa shape index (κ1) is 40.7. The average molecular weight is 750 g/mol. The summed E-state index contributed by atoms with van der Waals surface area (Å²) in [6.45, 7) is 7.00. The third-order valence-corrected chi connectivity index (χ3v) is 8.14. The summed E-state index contributed by atoms with van der Waals surface area (Å²) in [5, 5.41) is 36.4. The second kappa shape index (κ2) is 19.1. The van der Waals surface area contributed by atoms with Crippen molar-refractivity contribution >= 4 is 35.3 Å². The molecule has 1 saturated heterocycles. The van der Waals surface area contributed by atoms with Crippen LogP contribution in [0.25, 0.3) is 0 Å². The molecule has 12 nitrogen and oxygen atoms in total. The lowest BCUT2D eigenvalue weighted by Gasteiger charge is -2.28. The Bertz CT molecular complexity index is 1680. The molecule has 0 radical (unpaired) electrons. The SMILES string of the molecule is CC(O)CN(Cc1cccc(C(=O)Nc2ccc(OCC(O)CN3CCOCC3)cc2C(=O)N/N=C\c2ccc(Cl)c(C(F)(F)F)c2)c1)CC(C)O. The maximum absolute atomic E-state index is 13.5. The van der Waals surface area contributed by atoms with Crippen molar-refractivity contribution in [1.29, 1.82) is 0 Å². The third kappa shape index (κ3) is 12.8. The number of aliphatic hydroxyl groups is 3. The first-order valence-electron chi connectivity index (χ1n) is 16.6. The summed E-state index contributed by atoms with van der Waals surface area (Å²) in [6, 6.07) is 14.2. The van der Waals surface area contributed by atoms with Crippen LogP contribution in [0.1, 0.15) is 51.3 Å². The lowest BCUT2D eigenvalue weighted by atomic mass is 10.1. The van der Waals surface area contributed by atoms with Crippen LogP contribution < -0.4 is 15.5 Å². The minimum atomic E-state index is -4.69. The van der Waals surface area contributed by atoms with Crippen molar-refractivity contribution in [3.63, 3.8) is 0 Å². The van der Waals surface area contributed by atoms with Gasteiger partial charge < -0.3 is 30.1 Å². The minimum absolute atomic E-state index is 0.0252. The van der Waals surface area contributed by atoms with Crippen LogP contribution in [0.2, 0.25) is 5.02 Å². The molecule has 4 rings (SSSR count). The number of hydrazone groups is 1. The van der Waals surface area contributed by atoms with Crippen molar-refractivity contribution in [2.24, 2.45) is 5.10 Å². The van der Waals surface area contributed by atoms with E-state index in [1.54, 1.807) is 32.0 Å². The molecule has 0 aromatic heterocycles. The molecule has 282 valence electrons. The number of aliphatic hydroxyl groups excluding tert-OH is 3. The van der Waals surface area contributed by atoms with E-state index in [0.29, 0.717) is 52.5 Å². The normalized spacial score (nSPS) is 15.7. The maximum atomic E-state index is 13.5. The topological polar surface area (TPSA) is 156 Å². The number of nitrogens with zero attached hydrogens (tertiary/aromatic N) is 3. The van der Waals surface area contributed by atoms with Crippen LogP contribution in [-0.4, -0.2) is 114 Å². The highest BCUT2D eigenvalue weighted by atomic mass is 35.5. The zero-order valence-corrected chi connectivity index (χ0v) is 29.5. The molecule has 0 saturated carbocycles. The Morgan fingerprint density at radius 1 is 1.02 bits per heavy atom. The van der Waals surface area contributed by atoms with Gasteiger partial charge in [-0.2, -0.15) is 18.3 Å². The number of ether oxygens (including phenoxy) is 2. The first-order valence-corrected chi connectivity index (χ1v) is 17.0. The van der Waals surface area contributed by atoms with Crippen molar-refractivity contribution in [3.05, 3.63) is 93.5 Å². The average Bonchev–Trinajstić information content (AvgIpc) is 3.08. The molecule has 2 amide bonds. The Morgan fingerprint density at radius 2 is 1.73 bits per heavy atom. The van der Waals surface area contributed by atoms with E-state index < -0.39 is 46.9 Å². The monoisotopic (exact) mass is 749 g/mol. The molecule has 1 aliphatic heterocycles. The van der Waals surface area contributed by atoms with Gasteiger partial charge >= 0.3 is 6.18 Å². The molecule has 3 aromatic carbocycles. The van der Waals surface area contributed by atoms with E-state index in [2.05, 4.69) is 15.8 Å². The van der Waals surface area contributed by atoms with Crippen LogP contribution >= 0.6 is 11.6 Å². The van der Waals surface area contributed by atoms with Crippen LogP contribution in [0.15, 0.2) is 65.8 Å². The second-order valence-electron chi connectivity index (χ2n) is 12.6. The first-order chi connectivity index (χ1) is 24.7. The fourth-order valence-electron chi connectivity index (χ4n) is 5.52. The number of morpholine rings is 1. The number of halogens is 4. The molecule has 1 heterocycles. The van der Waals surface area contributed by atoms with Crippen LogP contribution in [0.3, 0.4) is 0 Å². The van der Waals surface area contributed by atoms with E-state index in [4.69, 9.17) is 21.1 Å². The Balaban J connectivity index is 1.53. The van der Waals surface area contributed by atoms with Gasteiger partial charge in [-0.15, -0.1) is 0 Å². The predicted molar refractivity (Wildman–Crippen MR) is 190 cm³/mol. The Kier molecular flexibility index (Phi) is 15.0. The van der Waals surface area contributed by atoms with Gasteiger partial charge in [0.15, 0.2) is 0 Å². The zero-order valence-electron chi connectivity index (χ0n) is 28.8. The molecule has 52 heavy (non-hydrogen) atoms. The summed E-state index contributed by atoms with van der Waals surface area (Å²) in [5.74, 6) is -1.15. The van der Waals surface area contributed by atoms with Crippen molar-refractivity contribution < 1.29 is 47.6 Å². The Hall–Kier alpha value is -4.09. The van der Waals surface area contributed by atoms with E-state index in [1.807, 2.05) is 15.9 Å². The van der Waals surface area contributed by atoms with Crippen LogP contribution in [-0.2, 0) is 17.5 Å². The second-order valence-corrected chi connectivity index (χ2v) is 13.0. The van der Waals surface area contributed by atoms with Gasteiger partial charge in [0.25, 0.3) is 11.8 Å². The van der Waals surface area contributed by atoms with Gasteiger partial charge in [0.1, 0.15) is 18.5 Å². The highest BCUT2D eigenvalue weighted by Crippen LogP contribution is 2.35. The largest absolute Gasteiger partial charge is 0.491 e. The van der Waals surface area contributed by atoms with E-state index in [1.165, 1.54) is 24.3 Å². The fourth-order valence-corrected chi connectivity index (χ4v) is 5.74. The molecule has 5 N–H and O–H groups in total. The van der Waals surface area contributed by atoms with Crippen molar-refractivity contribution in [1.82, 2.24) is 15.2 Å². The lowest BCUT2D eigenvalue weighted by molar-refractivity contribution is -0.137. The van der Waals surface area contributed by atoms with E-state index in [9.17, 15) is 38.1 Å². The zero-order chi connectivity index (χ0) is 37.8. The molecule has 3 atom stereocenters. The number of hydrogen-bond donors (Lipinski definition) is 5. The van der Waals surface area contributed by atoms with E-state index >= 15 is 0 Å². The van der Waals surface area contributed by atoms with Crippen LogP contribution in [0, 0.1) is 0 Å². The number of anilines is 1.